The van der Waals surface area contributed by atoms with Crippen LogP contribution in [0.15, 0.2) is 42.7 Å². The minimum Gasteiger partial charge on any atom is -0.480 e. The van der Waals surface area contributed by atoms with Gasteiger partial charge in [-0.25, -0.2) is 4.98 Å². The van der Waals surface area contributed by atoms with E-state index in [9.17, 15) is 5.11 Å². The van der Waals surface area contributed by atoms with Gasteiger partial charge in [-0.05, 0) is 5.56 Å². The summed E-state index contributed by atoms with van der Waals surface area (Å²) >= 11 is 0. The highest BCUT2D eigenvalue weighted by Crippen LogP contribution is 2.31. The van der Waals surface area contributed by atoms with Crippen molar-refractivity contribution in [2.45, 2.75) is 5.60 Å². The van der Waals surface area contributed by atoms with E-state index in [1.54, 1.807) is 12.1 Å². The maximum Gasteiger partial charge on any atom is 0.238 e. The van der Waals surface area contributed by atoms with Crippen LogP contribution < -0.4 is 10.5 Å². The molecule has 0 saturated carbocycles. The van der Waals surface area contributed by atoms with Crippen LogP contribution in [-0.2, 0) is 5.60 Å². The van der Waals surface area contributed by atoms with Gasteiger partial charge in [-0.1, -0.05) is 30.3 Å². The minimum absolute atomic E-state index is 0.00787. The van der Waals surface area contributed by atoms with Gasteiger partial charge in [0.25, 0.3) is 0 Å². The Morgan fingerprint density at radius 3 is 2.50 bits per heavy atom. The molecule has 1 unspecified atom stereocenters. The molecular formula is C13H15N3O2. The Balaban J connectivity index is 2.57. The maximum absolute atomic E-state index is 10.8. The molecule has 18 heavy (non-hydrogen) atoms. The van der Waals surface area contributed by atoms with E-state index in [2.05, 4.69) is 9.97 Å². The molecule has 1 aromatic heterocycles. The monoisotopic (exact) mass is 245 g/mol. The maximum atomic E-state index is 10.8. The van der Waals surface area contributed by atoms with Gasteiger partial charge in [0.05, 0.1) is 7.11 Å². The van der Waals surface area contributed by atoms with Crippen molar-refractivity contribution in [2.75, 3.05) is 13.7 Å². The number of nitrogens with two attached hydrogens (primary N) is 1. The van der Waals surface area contributed by atoms with E-state index >= 15 is 0 Å². The summed E-state index contributed by atoms with van der Waals surface area (Å²) in [4.78, 5) is 8.19. The van der Waals surface area contributed by atoms with Crippen LogP contribution in [0.4, 0.5) is 0 Å². The molecule has 1 aromatic carbocycles. The Labute approximate surface area is 105 Å². The van der Waals surface area contributed by atoms with E-state index in [1.807, 2.05) is 18.2 Å². The molecular weight excluding hydrogens is 230 g/mol. The lowest BCUT2D eigenvalue weighted by Gasteiger charge is -2.27. The fourth-order valence-corrected chi connectivity index (χ4v) is 1.82. The van der Waals surface area contributed by atoms with Crippen molar-refractivity contribution in [2.24, 2.45) is 5.73 Å². The normalized spacial score (nSPS) is 13.9. The molecule has 0 spiro atoms. The molecule has 0 amide bonds. The summed E-state index contributed by atoms with van der Waals surface area (Å²) in [7, 11) is 1.48. The first kappa shape index (κ1) is 12.5. The molecule has 5 heteroatoms. The van der Waals surface area contributed by atoms with Gasteiger partial charge in [-0.3, -0.25) is 4.98 Å². The highest BCUT2D eigenvalue weighted by atomic mass is 16.5. The van der Waals surface area contributed by atoms with E-state index in [4.69, 9.17) is 10.5 Å². The third-order valence-corrected chi connectivity index (χ3v) is 2.80. The summed E-state index contributed by atoms with van der Waals surface area (Å²) in [5, 5.41) is 10.8. The Kier molecular flexibility index (Phi) is 3.55. The molecule has 3 N–H and O–H groups in total. The van der Waals surface area contributed by atoms with Crippen molar-refractivity contribution < 1.29 is 9.84 Å². The van der Waals surface area contributed by atoms with Gasteiger partial charge in [-0.2, -0.15) is 0 Å². The van der Waals surface area contributed by atoms with Crippen molar-refractivity contribution in [1.29, 1.82) is 0 Å². The zero-order valence-electron chi connectivity index (χ0n) is 10.1. The minimum atomic E-state index is -1.40. The second-order valence-electron chi connectivity index (χ2n) is 3.84. The van der Waals surface area contributed by atoms with Crippen LogP contribution in [0.3, 0.4) is 0 Å². The molecule has 0 bridgehead atoms. The average molecular weight is 245 g/mol. The molecule has 0 aliphatic heterocycles. The first-order chi connectivity index (χ1) is 8.72. The predicted molar refractivity (Wildman–Crippen MR) is 67.1 cm³/mol. The lowest BCUT2D eigenvalue weighted by molar-refractivity contribution is 0.0814. The van der Waals surface area contributed by atoms with Gasteiger partial charge in [0, 0.05) is 18.9 Å². The molecule has 1 heterocycles. The molecule has 2 aromatic rings. The fraction of sp³-hybridized carbons (Fsp3) is 0.231. The van der Waals surface area contributed by atoms with Crippen molar-refractivity contribution in [1.82, 2.24) is 9.97 Å². The van der Waals surface area contributed by atoms with Gasteiger partial charge >= 0.3 is 0 Å². The Morgan fingerprint density at radius 2 is 1.89 bits per heavy atom. The van der Waals surface area contributed by atoms with E-state index in [0.29, 0.717) is 11.3 Å². The third kappa shape index (κ3) is 2.05. The molecule has 5 nitrogen and oxygen atoms in total. The van der Waals surface area contributed by atoms with Crippen molar-refractivity contribution in [3.8, 4) is 5.88 Å². The topological polar surface area (TPSA) is 81.3 Å². The molecule has 0 aliphatic carbocycles. The number of nitrogens with zero attached hydrogens (tertiary/aromatic N) is 2. The Bertz CT molecular complexity index is 519. The average Bonchev–Trinajstić information content (AvgIpc) is 2.47. The van der Waals surface area contributed by atoms with Gasteiger partial charge in [0.2, 0.25) is 5.88 Å². The summed E-state index contributed by atoms with van der Waals surface area (Å²) in [6.45, 7) is -0.00787. The van der Waals surface area contributed by atoms with Gasteiger partial charge in [0.1, 0.15) is 11.3 Å². The van der Waals surface area contributed by atoms with E-state index in [0.717, 1.165) is 0 Å². The summed E-state index contributed by atoms with van der Waals surface area (Å²) in [6.07, 6.45) is 3.01. The van der Waals surface area contributed by atoms with Gasteiger partial charge < -0.3 is 15.6 Å². The third-order valence-electron chi connectivity index (χ3n) is 2.80. The molecule has 2 rings (SSSR count). The van der Waals surface area contributed by atoms with E-state index in [1.165, 1.54) is 19.5 Å². The number of ether oxygens (including phenoxy) is 1. The van der Waals surface area contributed by atoms with Gasteiger partial charge in [-0.15, -0.1) is 0 Å². The van der Waals surface area contributed by atoms with Gasteiger partial charge in [0.15, 0.2) is 0 Å². The molecule has 1 atom stereocenters. The second kappa shape index (κ2) is 5.12. The number of hydrogen-bond acceptors (Lipinski definition) is 5. The number of rotatable bonds is 4. The number of aromatic nitrogens is 2. The first-order valence-electron chi connectivity index (χ1n) is 5.56. The number of hydrogen-bond donors (Lipinski definition) is 2. The standard InChI is InChI=1S/C13H15N3O2/c1-18-12-11(15-7-8-16-12)13(17,9-14)10-5-3-2-4-6-10/h2-8,17H,9,14H2,1H3. The lowest BCUT2D eigenvalue weighted by Crippen LogP contribution is -2.37. The molecule has 0 radical (unpaired) electrons. The second-order valence-corrected chi connectivity index (χ2v) is 3.84. The number of aliphatic hydroxyl groups is 1. The highest BCUT2D eigenvalue weighted by Gasteiger charge is 2.35. The first-order valence-corrected chi connectivity index (χ1v) is 5.56. The number of methoxy groups -OCH3 is 1. The van der Waals surface area contributed by atoms with Crippen LogP contribution in [0.1, 0.15) is 11.3 Å². The molecule has 94 valence electrons. The van der Waals surface area contributed by atoms with Crippen LogP contribution in [0, 0.1) is 0 Å². The number of benzene rings is 1. The summed E-state index contributed by atoms with van der Waals surface area (Å²) in [6, 6.07) is 9.12. The van der Waals surface area contributed by atoms with Crippen LogP contribution in [0.25, 0.3) is 0 Å². The van der Waals surface area contributed by atoms with Crippen LogP contribution in [-0.4, -0.2) is 28.7 Å². The van der Waals surface area contributed by atoms with Crippen LogP contribution in [0.5, 0.6) is 5.88 Å². The summed E-state index contributed by atoms with van der Waals surface area (Å²) in [5.74, 6) is 0.273. The SMILES string of the molecule is COc1nccnc1C(O)(CN)c1ccccc1. The Morgan fingerprint density at radius 1 is 1.22 bits per heavy atom. The van der Waals surface area contributed by atoms with Crippen molar-refractivity contribution in [3.63, 3.8) is 0 Å². The smallest absolute Gasteiger partial charge is 0.238 e. The lowest BCUT2D eigenvalue weighted by atomic mass is 9.90. The van der Waals surface area contributed by atoms with Crippen LogP contribution in [0.2, 0.25) is 0 Å². The predicted octanol–water partition coefficient (Wildman–Crippen LogP) is 0.680. The molecule has 0 aliphatic rings. The largest absolute Gasteiger partial charge is 0.480 e. The Hall–Kier alpha value is -1.98. The summed E-state index contributed by atoms with van der Waals surface area (Å²) in [5.41, 5.74) is 5.30. The fourth-order valence-electron chi connectivity index (χ4n) is 1.82. The van der Waals surface area contributed by atoms with E-state index < -0.39 is 5.60 Å². The summed E-state index contributed by atoms with van der Waals surface area (Å²) < 4.78 is 5.13. The zero-order valence-corrected chi connectivity index (χ0v) is 10.1. The van der Waals surface area contributed by atoms with Crippen molar-refractivity contribution in [3.05, 3.63) is 54.0 Å². The van der Waals surface area contributed by atoms with Crippen molar-refractivity contribution >= 4 is 0 Å². The molecule has 0 fully saturated rings. The highest BCUT2D eigenvalue weighted by molar-refractivity contribution is 5.37. The quantitative estimate of drug-likeness (QED) is 0.827. The van der Waals surface area contributed by atoms with Crippen LogP contribution >= 0.6 is 0 Å². The molecule has 0 saturated heterocycles. The zero-order chi connectivity index (χ0) is 13.0. The van der Waals surface area contributed by atoms with E-state index in [-0.39, 0.29) is 12.4 Å².